The Morgan fingerprint density at radius 3 is 2.72 bits per heavy atom. The fourth-order valence-electron chi connectivity index (χ4n) is 2.40. The molecule has 0 radical (unpaired) electrons. The molecule has 0 aliphatic rings. The Balaban J connectivity index is 1.78. The first-order valence-electron chi connectivity index (χ1n) is 7.27. The van der Waals surface area contributed by atoms with Gasteiger partial charge in [0.05, 0.1) is 16.2 Å². The maximum Gasteiger partial charge on any atom is 0.184 e. The van der Waals surface area contributed by atoms with E-state index in [1.807, 2.05) is 24.3 Å². The zero-order chi connectivity index (χ0) is 17.4. The van der Waals surface area contributed by atoms with E-state index in [2.05, 4.69) is 25.6 Å². The molecule has 0 saturated carbocycles. The summed E-state index contributed by atoms with van der Waals surface area (Å²) in [4.78, 5) is 8.43. The minimum absolute atomic E-state index is 0.323. The van der Waals surface area contributed by atoms with Crippen molar-refractivity contribution in [3.8, 4) is 5.82 Å². The maximum atomic E-state index is 6.25. The van der Waals surface area contributed by atoms with Crippen LogP contribution in [0.15, 0.2) is 48.8 Å². The number of anilines is 3. The highest BCUT2D eigenvalue weighted by Crippen LogP contribution is 2.31. The molecule has 4 rings (SSSR count). The summed E-state index contributed by atoms with van der Waals surface area (Å²) in [5.41, 5.74) is 8.74. The molecule has 25 heavy (non-hydrogen) atoms. The first kappa shape index (κ1) is 15.6. The summed E-state index contributed by atoms with van der Waals surface area (Å²) in [5, 5.41) is 12.3. The fraction of sp³-hybridized carbons (Fsp3) is 0. The third kappa shape index (κ3) is 2.84. The van der Waals surface area contributed by atoms with Crippen LogP contribution in [-0.2, 0) is 0 Å². The molecule has 0 saturated heterocycles. The van der Waals surface area contributed by atoms with Gasteiger partial charge in [0, 0.05) is 5.02 Å². The Kier molecular flexibility index (Phi) is 3.87. The fourth-order valence-corrected chi connectivity index (χ4v) is 2.85. The van der Waals surface area contributed by atoms with Crippen molar-refractivity contribution in [1.82, 2.24) is 25.0 Å². The second kappa shape index (κ2) is 6.19. The molecule has 4 aromatic rings. The number of aromatic nitrogens is 5. The van der Waals surface area contributed by atoms with Crippen molar-refractivity contribution in [1.29, 1.82) is 0 Å². The molecule has 0 fully saturated rings. The molecule has 2 aromatic carbocycles. The Labute approximate surface area is 152 Å². The number of nitrogens with one attached hydrogen (secondary N) is 1. The van der Waals surface area contributed by atoms with Crippen LogP contribution in [0.25, 0.3) is 16.9 Å². The molecule has 0 amide bonds. The zero-order valence-corrected chi connectivity index (χ0v) is 14.2. The molecular formula is C16H11Cl2N7. The largest absolute Gasteiger partial charge is 0.393 e. The number of fused-ring (bicyclic) bond motifs is 1. The van der Waals surface area contributed by atoms with E-state index in [4.69, 9.17) is 28.9 Å². The lowest BCUT2D eigenvalue weighted by atomic mass is 10.3. The number of rotatable bonds is 3. The smallest absolute Gasteiger partial charge is 0.184 e. The molecule has 0 spiro atoms. The van der Waals surface area contributed by atoms with E-state index < -0.39 is 0 Å². The normalized spacial score (nSPS) is 11.0. The average molecular weight is 372 g/mol. The van der Waals surface area contributed by atoms with E-state index in [0.717, 1.165) is 11.0 Å². The van der Waals surface area contributed by atoms with Gasteiger partial charge in [-0.3, -0.25) is 0 Å². The summed E-state index contributed by atoms with van der Waals surface area (Å²) < 4.78 is 1.57. The minimum atomic E-state index is 0.323. The summed E-state index contributed by atoms with van der Waals surface area (Å²) >= 11 is 12.1. The minimum Gasteiger partial charge on any atom is -0.393 e. The molecule has 9 heteroatoms. The predicted molar refractivity (Wildman–Crippen MR) is 98.6 cm³/mol. The number of hydrogen-bond acceptors (Lipinski definition) is 6. The summed E-state index contributed by atoms with van der Waals surface area (Å²) in [6.45, 7) is 0. The quantitative estimate of drug-likeness (QED) is 0.567. The SMILES string of the molecule is Nc1c(Nc2ccc(Cl)cc2Cl)ncnc1-n1nnc2ccccc21. The van der Waals surface area contributed by atoms with Crippen LogP contribution in [-0.4, -0.2) is 25.0 Å². The van der Waals surface area contributed by atoms with E-state index in [9.17, 15) is 0 Å². The van der Waals surface area contributed by atoms with Gasteiger partial charge in [0.1, 0.15) is 17.5 Å². The summed E-state index contributed by atoms with van der Waals surface area (Å²) in [7, 11) is 0. The molecule has 7 nitrogen and oxygen atoms in total. The highest BCUT2D eigenvalue weighted by Gasteiger charge is 2.15. The molecule has 0 unspecified atom stereocenters. The van der Waals surface area contributed by atoms with Gasteiger partial charge < -0.3 is 11.1 Å². The first-order chi connectivity index (χ1) is 12.1. The maximum absolute atomic E-state index is 6.25. The molecule has 2 heterocycles. The van der Waals surface area contributed by atoms with Gasteiger partial charge in [-0.2, -0.15) is 4.68 Å². The highest BCUT2D eigenvalue weighted by molar-refractivity contribution is 6.36. The Morgan fingerprint density at radius 2 is 1.88 bits per heavy atom. The van der Waals surface area contributed by atoms with Gasteiger partial charge in [0.15, 0.2) is 11.6 Å². The second-order valence-corrected chi connectivity index (χ2v) is 6.04. The molecule has 3 N–H and O–H groups in total. The van der Waals surface area contributed by atoms with Gasteiger partial charge >= 0.3 is 0 Å². The van der Waals surface area contributed by atoms with Crippen LogP contribution in [0, 0.1) is 0 Å². The number of para-hydroxylation sites is 1. The van der Waals surface area contributed by atoms with Crippen LogP contribution in [0.4, 0.5) is 17.2 Å². The predicted octanol–water partition coefficient (Wildman–Crippen LogP) is 3.84. The van der Waals surface area contributed by atoms with Gasteiger partial charge in [-0.1, -0.05) is 40.5 Å². The van der Waals surface area contributed by atoms with Gasteiger partial charge in [0.2, 0.25) is 0 Å². The molecule has 0 atom stereocenters. The van der Waals surface area contributed by atoms with Crippen molar-refractivity contribution in [3.63, 3.8) is 0 Å². The Bertz CT molecular complexity index is 1080. The molecule has 0 bridgehead atoms. The molecule has 124 valence electrons. The zero-order valence-electron chi connectivity index (χ0n) is 12.7. The lowest BCUT2D eigenvalue weighted by molar-refractivity contribution is 0.800. The van der Waals surface area contributed by atoms with Crippen molar-refractivity contribution in [2.45, 2.75) is 0 Å². The van der Waals surface area contributed by atoms with Crippen LogP contribution in [0.2, 0.25) is 10.0 Å². The summed E-state index contributed by atoms with van der Waals surface area (Å²) in [6.07, 6.45) is 1.40. The standard InChI is InChI=1S/C16H11Cl2N7/c17-9-5-6-11(10(18)7-9)22-15-14(19)16(21-8-20-15)25-13-4-2-1-3-12(13)23-24-25/h1-8H,19H2,(H,20,21,22). The number of hydrogen-bond donors (Lipinski definition) is 2. The number of nitrogens with zero attached hydrogens (tertiary/aromatic N) is 5. The number of nitrogen functional groups attached to an aromatic ring is 1. The second-order valence-electron chi connectivity index (χ2n) is 5.20. The first-order valence-corrected chi connectivity index (χ1v) is 8.02. The van der Waals surface area contributed by atoms with Crippen molar-refractivity contribution in [2.75, 3.05) is 11.1 Å². The third-order valence-electron chi connectivity index (χ3n) is 3.60. The third-order valence-corrected chi connectivity index (χ3v) is 4.15. The molecular weight excluding hydrogens is 361 g/mol. The van der Waals surface area contributed by atoms with Crippen molar-refractivity contribution < 1.29 is 0 Å². The highest BCUT2D eigenvalue weighted by atomic mass is 35.5. The van der Waals surface area contributed by atoms with Crippen molar-refractivity contribution in [2.24, 2.45) is 0 Å². The van der Waals surface area contributed by atoms with Crippen LogP contribution in [0.3, 0.4) is 0 Å². The number of nitrogens with two attached hydrogens (primary N) is 1. The monoisotopic (exact) mass is 371 g/mol. The van der Waals surface area contributed by atoms with E-state index in [1.165, 1.54) is 6.33 Å². The summed E-state index contributed by atoms with van der Waals surface area (Å²) in [6, 6.07) is 12.6. The van der Waals surface area contributed by atoms with E-state index in [1.54, 1.807) is 22.9 Å². The molecule has 2 aromatic heterocycles. The Morgan fingerprint density at radius 1 is 1.04 bits per heavy atom. The van der Waals surface area contributed by atoms with E-state index in [-0.39, 0.29) is 0 Å². The topological polar surface area (TPSA) is 94.5 Å². The van der Waals surface area contributed by atoms with Crippen LogP contribution in [0.1, 0.15) is 0 Å². The lowest BCUT2D eigenvalue weighted by Gasteiger charge is -2.12. The van der Waals surface area contributed by atoms with Gasteiger partial charge in [-0.25, -0.2) is 9.97 Å². The van der Waals surface area contributed by atoms with E-state index >= 15 is 0 Å². The van der Waals surface area contributed by atoms with Crippen LogP contribution < -0.4 is 11.1 Å². The van der Waals surface area contributed by atoms with Crippen molar-refractivity contribution in [3.05, 3.63) is 58.8 Å². The average Bonchev–Trinajstić information content (AvgIpc) is 3.03. The number of halogens is 2. The van der Waals surface area contributed by atoms with Gasteiger partial charge in [0.25, 0.3) is 0 Å². The van der Waals surface area contributed by atoms with Gasteiger partial charge in [-0.05, 0) is 30.3 Å². The van der Waals surface area contributed by atoms with Crippen LogP contribution >= 0.6 is 23.2 Å². The molecule has 0 aliphatic carbocycles. The Hall–Kier alpha value is -2.90. The summed E-state index contributed by atoms with van der Waals surface area (Å²) in [5.74, 6) is 0.838. The molecule has 0 aliphatic heterocycles. The van der Waals surface area contributed by atoms with Crippen molar-refractivity contribution >= 4 is 51.4 Å². The van der Waals surface area contributed by atoms with Gasteiger partial charge in [-0.15, -0.1) is 5.10 Å². The number of benzene rings is 2. The van der Waals surface area contributed by atoms with E-state index in [0.29, 0.717) is 33.1 Å². The van der Waals surface area contributed by atoms with Crippen LogP contribution in [0.5, 0.6) is 0 Å². The lowest BCUT2D eigenvalue weighted by Crippen LogP contribution is -2.08.